The molecule has 14 heteroatoms. The molecule has 3 amide bonds. The van der Waals surface area contributed by atoms with E-state index in [0.717, 1.165) is 29.4 Å². The van der Waals surface area contributed by atoms with Crippen molar-refractivity contribution in [3.63, 3.8) is 0 Å². The van der Waals surface area contributed by atoms with Crippen LogP contribution >= 0.6 is 11.6 Å². The number of benzene rings is 2. The van der Waals surface area contributed by atoms with Crippen molar-refractivity contribution < 1.29 is 42.6 Å². The van der Waals surface area contributed by atoms with Crippen molar-refractivity contribution in [2.24, 2.45) is 16.7 Å². The largest absolute Gasteiger partial charge is 0.497 e. The molecule has 1 heterocycles. The minimum atomic E-state index is -2.20. The Morgan fingerprint density at radius 3 is 2.17 bits per heavy atom. The summed E-state index contributed by atoms with van der Waals surface area (Å²) in [4.78, 5) is 56.2. The van der Waals surface area contributed by atoms with Gasteiger partial charge in [-0.05, 0) is 78.4 Å². The van der Waals surface area contributed by atoms with Crippen LogP contribution in [-0.2, 0) is 46.1 Å². The van der Waals surface area contributed by atoms with E-state index in [1.807, 2.05) is 52.0 Å². The number of hydrogen-bond donors (Lipinski definition) is 3. The molecule has 0 aromatic heterocycles. The van der Waals surface area contributed by atoms with Crippen LogP contribution in [0.3, 0.4) is 0 Å². The lowest BCUT2D eigenvalue weighted by Gasteiger charge is -2.37. The standard InChI is InChI=1S/C44H66ClN3O9Si/c1-11-58(12-2,13-3)56-29-44(8)28-46-40(50)35(24-32-19-22-38(54-10)34(45)23-32)47-39(49)16-14-15-37(57-41(51)36(48-42(44)52)25-43(5,6)7)30(4)26-55-27-31-17-20-33(53-9)21-18-31/h14,16-23,30,35-37H,11-13,15,24-29H2,1-10H3,(H,46,50)(H,47,49)(H,48,52)/b16-14+/t30-,35-,36+,37+,44?/m1/s1. The predicted octanol–water partition coefficient (Wildman–Crippen LogP) is 7.17. The second-order valence-corrected chi connectivity index (χ2v) is 22.0. The van der Waals surface area contributed by atoms with Crippen molar-refractivity contribution in [1.82, 2.24) is 16.0 Å². The summed E-state index contributed by atoms with van der Waals surface area (Å²) < 4.78 is 29.5. The van der Waals surface area contributed by atoms with E-state index >= 15 is 0 Å². The van der Waals surface area contributed by atoms with Crippen molar-refractivity contribution in [3.05, 3.63) is 70.8 Å². The number of esters is 1. The average molecular weight is 845 g/mol. The molecule has 0 spiro atoms. The summed E-state index contributed by atoms with van der Waals surface area (Å²) >= 11 is 6.43. The zero-order chi connectivity index (χ0) is 43.1. The normalized spacial score (nSPS) is 22.6. The van der Waals surface area contributed by atoms with Crippen LogP contribution in [0.15, 0.2) is 54.6 Å². The summed E-state index contributed by atoms with van der Waals surface area (Å²) in [5, 5.41) is 9.16. The number of nitrogens with one attached hydrogen (secondary N) is 3. The number of ether oxygens (including phenoxy) is 4. The van der Waals surface area contributed by atoms with Crippen LogP contribution < -0.4 is 25.4 Å². The van der Waals surface area contributed by atoms with Crippen LogP contribution in [0.5, 0.6) is 11.5 Å². The van der Waals surface area contributed by atoms with Crippen LogP contribution in [0, 0.1) is 16.7 Å². The zero-order valence-electron chi connectivity index (χ0n) is 36.1. The Balaban J connectivity index is 2.02. The van der Waals surface area contributed by atoms with Gasteiger partial charge in [-0.3, -0.25) is 14.4 Å². The van der Waals surface area contributed by atoms with Gasteiger partial charge in [-0.2, -0.15) is 0 Å². The van der Waals surface area contributed by atoms with Crippen LogP contribution in [0.25, 0.3) is 0 Å². The fourth-order valence-corrected chi connectivity index (χ4v) is 9.76. The number of halogens is 1. The van der Waals surface area contributed by atoms with Gasteiger partial charge in [-0.15, -0.1) is 0 Å². The summed E-state index contributed by atoms with van der Waals surface area (Å²) in [6.45, 7) is 16.4. The molecule has 1 aliphatic heterocycles. The summed E-state index contributed by atoms with van der Waals surface area (Å²) in [6, 6.07) is 13.3. The predicted molar refractivity (Wildman–Crippen MR) is 229 cm³/mol. The van der Waals surface area contributed by atoms with Gasteiger partial charge in [-0.25, -0.2) is 4.79 Å². The monoisotopic (exact) mass is 843 g/mol. The van der Waals surface area contributed by atoms with E-state index in [-0.39, 0.29) is 50.4 Å². The Labute approximate surface area is 351 Å². The molecule has 1 unspecified atom stereocenters. The smallest absolute Gasteiger partial charge is 0.328 e. The molecule has 3 N–H and O–H groups in total. The Morgan fingerprint density at radius 2 is 1.59 bits per heavy atom. The third kappa shape index (κ3) is 14.7. The molecule has 1 aliphatic rings. The van der Waals surface area contributed by atoms with Crippen molar-refractivity contribution in [2.75, 3.05) is 34.0 Å². The molecule has 2 aromatic carbocycles. The molecular weight excluding hydrogens is 778 g/mol. The Hall–Kier alpha value is -3.91. The minimum Gasteiger partial charge on any atom is -0.497 e. The van der Waals surface area contributed by atoms with Crippen molar-refractivity contribution in [2.45, 2.75) is 118 Å². The van der Waals surface area contributed by atoms with Crippen LogP contribution in [0.4, 0.5) is 0 Å². The number of carbonyl (C=O) groups is 4. The van der Waals surface area contributed by atoms with E-state index in [9.17, 15) is 19.2 Å². The number of carbonyl (C=O) groups excluding carboxylic acids is 4. The molecule has 0 saturated carbocycles. The molecule has 0 fully saturated rings. The van der Waals surface area contributed by atoms with Crippen LogP contribution in [0.2, 0.25) is 23.2 Å². The van der Waals surface area contributed by atoms with Gasteiger partial charge in [0.1, 0.15) is 29.7 Å². The van der Waals surface area contributed by atoms with E-state index < -0.39 is 55.6 Å². The van der Waals surface area contributed by atoms with Crippen molar-refractivity contribution in [3.8, 4) is 11.5 Å². The van der Waals surface area contributed by atoms with Gasteiger partial charge in [0.05, 0.1) is 37.9 Å². The third-order valence-electron chi connectivity index (χ3n) is 10.9. The first kappa shape index (κ1) is 48.5. The number of cyclic esters (lactones) is 1. The number of amides is 3. The molecule has 12 nitrogen and oxygen atoms in total. The van der Waals surface area contributed by atoms with Gasteiger partial charge < -0.3 is 39.3 Å². The molecule has 0 bridgehead atoms. The Morgan fingerprint density at radius 1 is 0.931 bits per heavy atom. The molecule has 0 radical (unpaired) electrons. The maximum Gasteiger partial charge on any atom is 0.328 e. The highest BCUT2D eigenvalue weighted by Gasteiger charge is 2.42. The Bertz CT molecular complexity index is 1690. The molecule has 0 saturated heterocycles. The van der Waals surface area contributed by atoms with Gasteiger partial charge >= 0.3 is 5.97 Å². The van der Waals surface area contributed by atoms with E-state index in [0.29, 0.717) is 22.9 Å². The van der Waals surface area contributed by atoms with Gasteiger partial charge in [0.2, 0.25) is 17.7 Å². The lowest BCUT2D eigenvalue weighted by molar-refractivity contribution is -0.158. The number of rotatable bonds is 16. The lowest BCUT2D eigenvalue weighted by Crippen LogP contribution is -2.57. The molecule has 2 aromatic rings. The number of hydrogen-bond acceptors (Lipinski definition) is 9. The summed E-state index contributed by atoms with van der Waals surface area (Å²) in [5.74, 6) is -1.13. The van der Waals surface area contributed by atoms with Gasteiger partial charge in [0, 0.05) is 31.9 Å². The van der Waals surface area contributed by atoms with E-state index in [1.165, 1.54) is 13.2 Å². The van der Waals surface area contributed by atoms with Crippen LogP contribution in [0.1, 0.15) is 79.4 Å². The average Bonchev–Trinajstić information content (AvgIpc) is 3.19. The van der Waals surface area contributed by atoms with Gasteiger partial charge in [-0.1, -0.05) is 84.3 Å². The second kappa shape index (κ2) is 22.5. The minimum absolute atomic E-state index is 0.0250. The first-order chi connectivity index (χ1) is 27.4. The van der Waals surface area contributed by atoms with Crippen molar-refractivity contribution >= 4 is 43.6 Å². The van der Waals surface area contributed by atoms with E-state index in [2.05, 4.69) is 36.7 Å². The number of methoxy groups -OCH3 is 2. The van der Waals surface area contributed by atoms with E-state index in [4.69, 9.17) is 35.0 Å². The van der Waals surface area contributed by atoms with Gasteiger partial charge in [0.25, 0.3) is 0 Å². The second-order valence-electron chi connectivity index (χ2n) is 16.8. The molecule has 3 rings (SSSR count). The third-order valence-corrected chi connectivity index (χ3v) is 15.8. The first-order valence-electron chi connectivity index (χ1n) is 20.3. The SMILES string of the molecule is CC[Si](CC)(CC)OCC1(C)CNC(=O)[C@@H](Cc2ccc(OC)c(Cl)c2)NC(=O)/C=C/C[C@@H]([C@H](C)COCc2ccc(OC)cc2)OC(=O)[C@H](CC(C)(C)C)NC1=O. The fraction of sp³-hybridized carbons (Fsp3) is 0.591. The topological polar surface area (TPSA) is 151 Å². The quantitative estimate of drug-likeness (QED) is 0.118. The van der Waals surface area contributed by atoms with Crippen LogP contribution in [-0.4, -0.2) is 84.2 Å². The fourth-order valence-electron chi connectivity index (χ4n) is 6.74. The molecule has 58 heavy (non-hydrogen) atoms. The van der Waals surface area contributed by atoms with Gasteiger partial charge in [0.15, 0.2) is 8.32 Å². The van der Waals surface area contributed by atoms with Crippen molar-refractivity contribution in [1.29, 1.82) is 0 Å². The maximum absolute atomic E-state index is 14.5. The lowest BCUT2D eigenvalue weighted by atomic mass is 9.86. The molecule has 0 aliphatic carbocycles. The molecule has 5 atom stereocenters. The summed E-state index contributed by atoms with van der Waals surface area (Å²) in [7, 11) is 0.929. The maximum atomic E-state index is 14.5. The first-order valence-corrected chi connectivity index (χ1v) is 23.2. The summed E-state index contributed by atoms with van der Waals surface area (Å²) in [5.41, 5.74) is -0.0164. The molecule has 322 valence electrons. The van der Waals surface area contributed by atoms with E-state index in [1.54, 1.807) is 38.3 Å². The highest BCUT2D eigenvalue weighted by Crippen LogP contribution is 2.29. The Kier molecular flexibility index (Phi) is 18.8. The highest BCUT2D eigenvalue weighted by molar-refractivity contribution is 6.73. The highest BCUT2D eigenvalue weighted by atomic mass is 35.5. The zero-order valence-corrected chi connectivity index (χ0v) is 37.9. The summed E-state index contributed by atoms with van der Waals surface area (Å²) in [6.07, 6.45) is 2.84. The molecular formula is C44H66ClN3O9Si.